The van der Waals surface area contributed by atoms with Gasteiger partial charge in [0.25, 0.3) is 0 Å². The van der Waals surface area contributed by atoms with Gasteiger partial charge in [-0.1, -0.05) is 0 Å². The maximum atomic E-state index is 0. The zero-order valence-electron chi connectivity index (χ0n) is 45.8. The SMILES string of the molecule is O.O.O.O.O.O.O.O.O.O.O.O.O.O.O.O.O.O.O.O.O.O.O.O.O.O.O.O.O.O.O.O.O.O.O.O.O.O.O.O.O.O.O.O.O.O.O.O.O.O.O.O.O.O.O.O.O.O.O.O.O.O.P.P.[K].[K].[K].[K].[K].[K].[W].[W].[W].[W].[W].[W].[W].[W].[W].[W].[W].[W].[W].[W].[W].[W].[W].[W]. The van der Waals surface area contributed by atoms with E-state index in [0.29, 0.717) is 0 Å². The first-order chi connectivity index (χ1) is 0. The maximum Gasteiger partial charge on any atom is 0 e. The molecular formula is H130K6O62P2W18. The van der Waals surface area contributed by atoms with E-state index < -0.39 is 0 Å². The Labute approximate surface area is 1020 Å². The van der Waals surface area contributed by atoms with Crippen LogP contribution in [0, 0.1) is 0 Å². The van der Waals surface area contributed by atoms with E-state index in [9.17, 15) is 0 Å². The van der Waals surface area contributed by atoms with Crippen molar-refractivity contribution in [2.45, 2.75) is 0 Å². The minimum atomic E-state index is 0. The average Bonchev–Trinajstić information content (AvgIpc) is 0. The molecule has 2 unspecified atom stereocenters. The Kier molecular flexibility index (Phi) is 97200. The summed E-state index contributed by atoms with van der Waals surface area (Å²) < 4.78 is 0. The molecule has 6 radical (unpaired) electrons. The van der Waals surface area contributed by atoms with Gasteiger partial charge in [-0.15, -0.1) is 0 Å². The fourth-order valence-electron chi connectivity index (χ4n) is 0. The smallest absolute Gasteiger partial charge is 0 e. The van der Waals surface area contributed by atoms with Crippen molar-refractivity contribution in [1.82, 2.24) is 0 Å². The van der Waals surface area contributed by atoms with Crippen molar-refractivity contribution in [2.75, 3.05) is 0 Å². The number of hydrogen-bond donors (Lipinski definition) is 0. The summed E-state index contributed by atoms with van der Waals surface area (Å²) in [7, 11) is 0. The van der Waals surface area contributed by atoms with Crippen LogP contribution in [0.4, 0.5) is 0 Å². The van der Waals surface area contributed by atoms with Crippen LogP contribution < -0.4 is 0 Å². The van der Waals surface area contributed by atoms with E-state index in [1.807, 2.05) is 0 Å². The molecule has 0 bridgehead atoms. The van der Waals surface area contributed by atoms with Gasteiger partial charge in [-0.05, 0) is 0 Å². The quantitative estimate of drug-likeness (QED) is 0.161. The molecule has 0 aliphatic heterocycles. The van der Waals surface area contributed by atoms with Crippen molar-refractivity contribution in [3.8, 4) is 0 Å². The average molecular weight is 4730 g/mol. The molecule has 88 heavy (non-hydrogen) atoms. The molecule has 626 valence electrons. The van der Waals surface area contributed by atoms with Crippen molar-refractivity contribution in [3.63, 3.8) is 0 Å². The largest absolute Gasteiger partial charge is 0.412 e. The van der Waals surface area contributed by atoms with Gasteiger partial charge in [0.15, 0.2) is 0 Å². The molecule has 0 saturated carbocycles. The van der Waals surface area contributed by atoms with Crippen LogP contribution in [-0.4, -0.2) is 648 Å². The third kappa shape index (κ3) is 2800. The molecule has 0 amide bonds. The fourth-order valence-corrected chi connectivity index (χ4v) is 0. The van der Waals surface area contributed by atoms with Crippen molar-refractivity contribution >= 4 is 328 Å². The van der Waals surface area contributed by atoms with Crippen molar-refractivity contribution in [1.29, 1.82) is 0 Å². The van der Waals surface area contributed by atoms with Gasteiger partial charge in [0.1, 0.15) is 0 Å². The van der Waals surface area contributed by atoms with Crippen molar-refractivity contribution in [3.05, 3.63) is 0 Å². The fraction of sp³-hybridized carbons (Fsp3) is 0. The van der Waals surface area contributed by atoms with Crippen LogP contribution in [0.1, 0.15) is 0 Å². The molecule has 0 aliphatic rings. The Hall–Kier alpha value is 20.6. The maximum absolute atomic E-state index is 0. The molecule has 0 spiro atoms. The third-order valence-electron chi connectivity index (χ3n) is 0. The van der Waals surface area contributed by atoms with Gasteiger partial charge in [-0.25, -0.2) is 0 Å². The zero-order valence-corrected chi connectivity index (χ0v) is 120. The normalized spacial score (nSPS) is 0. The third-order valence-corrected chi connectivity index (χ3v) is 0. The first kappa shape index (κ1) is 2970. The van der Waals surface area contributed by atoms with Crippen molar-refractivity contribution < 1.29 is 719 Å². The molecule has 0 heterocycles. The summed E-state index contributed by atoms with van der Waals surface area (Å²) in [5, 5.41) is 0. The van der Waals surface area contributed by atoms with E-state index in [1.165, 1.54) is 0 Å². The number of rotatable bonds is 0. The van der Waals surface area contributed by atoms with E-state index in [4.69, 9.17) is 0 Å². The second-order valence-electron chi connectivity index (χ2n) is 0. The summed E-state index contributed by atoms with van der Waals surface area (Å²) in [6.07, 6.45) is 0. The summed E-state index contributed by atoms with van der Waals surface area (Å²) in [5.74, 6) is 0. The molecule has 124 N–H and O–H groups in total. The van der Waals surface area contributed by atoms with Crippen LogP contribution in [0.15, 0.2) is 0 Å². The molecule has 0 fully saturated rings. The second-order valence-corrected chi connectivity index (χ2v) is 0. The van der Waals surface area contributed by atoms with Gasteiger partial charge in [0, 0.05) is 687 Å². The summed E-state index contributed by atoms with van der Waals surface area (Å²) in [5.41, 5.74) is 0. The minimum Gasteiger partial charge on any atom is -0.412 e. The van der Waals surface area contributed by atoms with Crippen LogP contribution in [0.3, 0.4) is 0 Å². The van der Waals surface area contributed by atoms with Crippen LogP contribution in [0.5, 0.6) is 0 Å². The molecule has 62 nitrogen and oxygen atoms in total. The van der Waals surface area contributed by atoms with E-state index >= 15 is 0 Å². The molecule has 0 aromatic heterocycles. The first-order valence-electron chi connectivity index (χ1n) is 0. The predicted octanol–water partition coefficient (Wildman–Crippen LogP) is -53.3. The summed E-state index contributed by atoms with van der Waals surface area (Å²) >= 11 is 0. The molecular weight excluding hydrogens is 4600 g/mol. The Bertz CT molecular complexity index is 107. The number of hydrogen-bond acceptors (Lipinski definition) is 0. The zero-order chi connectivity index (χ0) is 0. The van der Waals surface area contributed by atoms with E-state index in [2.05, 4.69) is 0 Å². The van der Waals surface area contributed by atoms with Crippen LogP contribution in [0.2, 0.25) is 0 Å². The molecule has 0 saturated heterocycles. The first-order valence-corrected chi connectivity index (χ1v) is 0. The summed E-state index contributed by atoms with van der Waals surface area (Å²) in [4.78, 5) is 0. The van der Waals surface area contributed by atoms with Gasteiger partial charge in [-0.2, -0.15) is 19.8 Å². The topological polar surface area (TPSA) is 1950 Å². The minimum absolute atomic E-state index is 0. The Morgan fingerprint density at radius 1 is 0.0455 bits per heavy atom. The summed E-state index contributed by atoms with van der Waals surface area (Å²) in [6, 6.07) is 0. The molecule has 88 heteroatoms. The molecule has 0 aliphatic carbocycles. The Morgan fingerprint density at radius 3 is 0.0455 bits per heavy atom. The van der Waals surface area contributed by atoms with Gasteiger partial charge in [-0.3, -0.25) is 0 Å². The van der Waals surface area contributed by atoms with E-state index in [-0.39, 0.29) is 1050 Å². The van der Waals surface area contributed by atoms with Crippen LogP contribution in [0.25, 0.3) is 0 Å². The van der Waals surface area contributed by atoms with Crippen molar-refractivity contribution in [2.24, 2.45) is 0 Å². The van der Waals surface area contributed by atoms with Gasteiger partial charge < -0.3 is 340 Å². The molecule has 0 aromatic rings. The van der Waals surface area contributed by atoms with Gasteiger partial charge >= 0.3 is 0 Å². The van der Waals surface area contributed by atoms with E-state index in [1.54, 1.807) is 0 Å². The molecule has 0 rings (SSSR count). The Morgan fingerprint density at radius 2 is 0.0455 bits per heavy atom. The van der Waals surface area contributed by atoms with Gasteiger partial charge in [0.05, 0.1) is 0 Å². The van der Waals surface area contributed by atoms with E-state index in [0.717, 1.165) is 0 Å². The van der Waals surface area contributed by atoms with Crippen LogP contribution >= 0.6 is 19.8 Å². The molecule has 2 atom stereocenters. The van der Waals surface area contributed by atoms with Crippen LogP contribution in [-0.2, 0) is 379 Å². The Balaban J connectivity index is 0. The predicted molar refractivity (Wildman–Crippen MR) is 281 cm³/mol. The van der Waals surface area contributed by atoms with Gasteiger partial charge in [0.2, 0.25) is 0 Å². The summed E-state index contributed by atoms with van der Waals surface area (Å²) in [6.45, 7) is 0. The second kappa shape index (κ2) is 2880. The monoisotopic (exact) mass is 4730 g/mol. The standard InChI is InChI=1S/6K.62H2O.2H3P.18W/h;;;;;;62*1H2;2*1H3;;;;;;;;;;;;;;;;;;. The molecule has 0 aromatic carbocycles.